The first-order valence-corrected chi connectivity index (χ1v) is 21.2. The molecule has 5 heterocycles. The number of nitrogens with zero attached hydrogens (tertiary/aromatic N) is 7. The molecule has 0 spiro atoms. The molecule has 3 aromatic carbocycles. The number of aromatic nitrogens is 4. The number of fused-ring (bicyclic) bond motifs is 2. The summed E-state index contributed by atoms with van der Waals surface area (Å²) in [6.45, 7) is 5.40. The highest BCUT2D eigenvalue weighted by molar-refractivity contribution is 5.17. The van der Waals surface area contributed by atoms with Crippen molar-refractivity contribution in [2.75, 3.05) is 26.2 Å². The Morgan fingerprint density at radius 1 is 0.365 bits per heavy atom. The Morgan fingerprint density at radius 3 is 1.05 bits per heavy atom. The second-order valence-electron chi connectivity index (χ2n) is 15.5. The normalized spacial score (nSPS) is 14.0. The van der Waals surface area contributed by atoms with Crippen molar-refractivity contribution in [3.8, 4) is 0 Å². The van der Waals surface area contributed by atoms with Crippen molar-refractivity contribution in [3.05, 3.63) is 240 Å². The zero-order valence-corrected chi connectivity index (χ0v) is 35.2. The van der Waals surface area contributed by atoms with E-state index in [1.165, 1.54) is 32.4 Å². The Hall–Kier alpha value is -7.06. The van der Waals surface area contributed by atoms with Crippen LogP contribution in [0.3, 0.4) is 0 Å². The maximum atomic E-state index is 13.3. The lowest BCUT2D eigenvalue weighted by molar-refractivity contribution is 0.0663. The summed E-state index contributed by atoms with van der Waals surface area (Å²) in [7, 11) is 0. The van der Waals surface area contributed by atoms with Crippen LogP contribution in [0.2, 0.25) is 0 Å². The molecule has 0 atom stereocenters. The lowest BCUT2D eigenvalue weighted by Crippen LogP contribution is -2.42. The van der Waals surface area contributed by atoms with E-state index in [2.05, 4.69) is 14.7 Å². The molecular formula is C50H51N7O6. The van der Waals surface area contributed by atoms with Crippen molar-refractivity contribution in [3.63, 3.8) is 0 Å². The zero-order valence-electron chi connectivity index (χ0n) is 35.2. The molecule has 2 bridgehead atoms. The number of pyridine rings is 4. The molecule has 63 heavy (non-hydrogen) atoms. The van der Waals surface area contributed by atoms with Crippen LogP contribution in [0.1, 0.15) is 45.2 Å². The van der Waals surface area contributed by atoms with Crippen molar-refractivity contribution < 1.29 is 14.5 Å². The number of hydrogen-bond donors (Lipinski definition) is 0. The molecule has 7 aromatic rings. The van der Waals surface area contributed by atoms with E-state index in [-0.39, 0.29) is 36.5 Å². The van der Waals surface area contributed by atoms with Crippen LogP contribution in [-0.2, 0) is 52.5 Å². The molecule has 322 valence electrons. The second kappa shape index (κ2) is 21.1. The van der Waals surface area contributed by atoms with Gasteiger partial charge in [0.25, 0.3) is 16.7 Å². The minimum Gasteiger partial charge on any atom is -0.406 e. The van der Waals surface area contributed by atoms with Gasteiger partial charge < -0.3 is 14.5 Å². The molecule has 0 amide bonds. The number of hydrogen-bond acceptors (Lipinski definition) is 10. The Labute approximate surface area is 366 Å². The molecule has 13 heteroatoms. The summed E-state index contributed by atoms with van der Waals surface area (Å²) in [5.74, 6) is 0. The maximum Gasteiger partial charge on any atom is 0.283 e. The molecule has 0 saturated carbocycles. The van der Waals surface area contributed by atoms with E-state index in [1.807, 2.05) is 127 Å². The monoisotopic (exact) mass is 845 g/mol. The Kier molecular flexibility index (Phi) is 14.3. The molecule has 0 saturated heterocycles. The fourth-order valence-electron chi connectivity index (χ4n) is 7.60. The van der Waals surface area contributed by atoms with Gasteiger partial charge in [-0.05, 0) is 47.0 Å². The molecular weight excluding hydrogens is 795 g/mol. The van der Waals surface area contributed by atoms with Crippen LogP contribution in [0.25, 0.3) is 0 Å². The van der Waals surface area contributed by atoms with Crippen LogP contribution < -0.4 is 31.2 Å². The molecule has 13 nitrogen and oxygen atoms in total. The standard InChI is InChI=1S/C50H51N7O6/c58-48-25-11-22-45(55(48)61-37-40-14-4-1-5-15-40)34-52-28-30-53(35-46-23-12-26-49(59)56(46)62-38-41-16-6-2-7-17-41)32-43-20-10-21-44(51-43)33-54(31-29-52)36-47-24-13-27-50(60)57(47)63-39-42-18-8-3-9-19-42/h1-27H,28-39H2. The van der Waals surface area contributed by atoms with Gasteiger partial charge in [-0.1, -0.05) is 115 Å². The minimum absolute atomic E-state index is 0.236. The molecule has 1 aliphatic rings. The van der Waals surface area contributed by atoms with Crippen LogP contribution in [-0.4, -0.2) is 60.1 Å². The van der Waals surface area contributed by atoms with Crippen molar-refractivity contribution in [2.45, 2.75) is 52.5 Å². The highest BCUT2D eigenvalue weighted by atomic mass is 16.7. The van der Waals surface area contributed by atoms with Gasteiger partial charge in [0.1, 0.15) is 19.8 Å². The van der Waals surface area contributed by atoms with Crippen molar-refractivity contribution in [2.24, 2.45) is 0 Å². The van der Waals surface area contributed by atoms with Gasteiger partial charge in [0.05, 0.1) is 28.5 Å². The van der Waals surface area contributed by atoms with Crippen LogP contribution in [0.4, 0.5) is 0 Å². The topological polar surface area (TPSA) is 116 Å². The summed E-state index contributed by atoms with van der Waals surface area (Å²) < 4.78 is 4.18. The molecule has 0 unspecified atom stereocenters. The number of rotatable bonds is 15. The summed E-state index contributed by atoms with van der Waals surface area (Å²) in [5.41, 5.74) is 6.03. The molecule has 1 aliphatic heterocycles. The summed E-state index contributed by atoms with van der Waals surface area (Å²) >= 11 is 0. The molecule has 0 fully saturated rings. The zero-order chi connectivity index (χ0) is 43.2. The van der Waals surface area contributed by atoms with Crippen LogP contribution in [0.15, 0.2) is 178 Å². The summed E-state index contributed by atoms with van der Waals surface area (Å²) in [6, 6.07) is 51.0. The number of benzene rings is 3. The fraction of sp³-hybridized carbons (Fsp3) is 0.240. The SMILES string of the molecule is O=c1cccc(CN2CCN(Cc3cccc(=O)n3OCc3ccccc3)Cc3cccc(n3)CN(Cc3cccc(=O)n3OCc3ccccc3)CC2)n1OCc1ccccc1. The van der Waals surface area contributed by atoms with Crippen molar-refractivity contribution in [1.82, 2.24) is 33.9 Å². The fourth-order valence-corrected chi connectivity index (χ4v) is 7.60. The highest BCUT2D eigenvalue weighted by Gasteiger charge is 2.21. The van der Waals surface area contributed by atoms with Crippen LogP contribution in [0, 0.1) is 0 Å². The van der Waals surface area contributed by atoms with Gasteiger partial charge in [0.15, 0.2) is 0 Å². The van der Waals surface area contributed by atoms with Crippen LogP contribution in [0.5, 0.6) is 0 Å². The largest absolute Gasteiger partial charge is 0.406 e. The van der Waals surface area contributed by atoms with Gasteiger partial charge in [-0.3, -0.25) is 34.1 Å². The molecule has 0 N–H and O–H groups in total. The van der Waals surface area contributed by atoms with Crippen molar-refractivity contribution >= 4 is 0 Å². The summed E-state index contributed by atoms with van der Waals surface area (Å²) in [5, 5.41) is 0. The van der Waals surface area contributed by atoms with Crippen LogP contribution >= 0.6 is 0 Å². The van der Waals surface area contributed by atoms with Gasteiger partial charge in [-0.25, -0.2) is 0 Å². The molecule has 0 aliphatic carbocycles. The quantitative estimate of drug-likeness (QED) is 0.140. The average molecular weight is 846 g/mol. The van der Waals surface area contributed by atoms with E-state index < -0.39 is 0 Å². The van der Waals surface area contributed by atoms with E-state index in [1.54, 1.807) is 18.2 Å². The maximum absolute atomic E-state index is 13.3. The first-order chi connectivity index (χ1) is 30.9. The van der Waals surface area contributed by atoms with Gasteiger partial charge in [0.2, 0.25) is 0 Å². The van der Waals surface area contributed by atoms with E-state index >= 15 is 0 Å². The van der Waals surface area contributed by atoms with E-state index in [0.717, 1.165) is 28.1 Å². The third-order valence-corrected chi connectivity index (χ3v) is 10.8. The Balaban J connectivity index is 1.09. The van der Waals surface area contributed by atoms with Gasteiger partial charge in [-0.15, -0.1) is 14.2 Å². The molecule has 8 rings (SSSR count). The molecule has 4 aromatic heterocycles. The molecule has 0 radical (unpaired) electrons. The van der Waals surface area contributed by atoms with E-state index in [9.17, 15) is 14.4 Å². The van der Waals surface area contributed by atoms with Gasteiger partial charge in [0, 0.05) is 77.1 Å². The average Bonchev–Trinajstić information content (AvgIpc) is 3.30. The highest BCUT2D eigenvalue weighted by Crippen LogP contribution is 2.16. The minimum atomic E-state index is -0.249. The van der Waals surface area contributed by atoms with E-state index in [4.69, 9.17) is 19.5 Å². The Morgan fingerprint density at radius 2 is 0.683 bits per heavy atom. The predicted octanol–water partition coefficient (Wildman–Crippen LogP) is 4.97. The van der Waals surface area contributed by atoms with E-state index in [0.29, 0.717) is 76.0 Å². The summed E-state index contributed by atoms with van der Waals surface area (Å²) in [6.07, 6.45) is 0. The second-order valence-corrected chi connectivity index (χ2v) is 15.5. The smallest absolute Gasteiger partial charge is 0.283 e. The first-order valence-electron chi connectivity index (χ1n) is 21.2. The Bertz CT molecular complexity index is 2590. The lowest BCUT2D eigenvalue weighted by Gasteiger charge is -2.32. The van der Waals surface area contributed by atoms with Gasteiger partial charge in [-0.2, -0.15) is 0 Å². The third-order valence-electron chi connectivity index (χ3n) is 10.8. The third kappa shape index (κ3) is 11.9. The predicted molar refractivity (Wildman–Crippen MR) is 240 cm³/mol. The first kappa shape index (κ1) is 42.6. The lowest BCUT2D eigenvalue weighted by atomic mass is 10.2. The van der Waals surface area contributed by atoms with Gasteiger partial charge >= 0.3 is 0 Å². The summed E-state index contributed by atoms with van der Waals surface area (Å²) in [4.78, 5) is 70.3. The van der Waals surface area contributed by atoms with Crippen molar-refractivity contribution in [1.29, 1.82) is 0 Å².